The highest BCUT2D eigenvalue weighted by Gasteiger charge is 2.27. The first-order chi connectivity index (χ1) is 11.5. The van der Waals surface area contributed by atoms with Crippen molar-refractivity contribution in [2.75, 3.05) is 18.9 Å². The molecule has 2 aromatic rings. The number of hydrogen-bond donors (Lipinski definition) is 1. The Balaban J connectivity index is 1.98. The van der Waals surface area contributed by atoms with Crippen LogP contribution in [0.15, 0.2) is 18.2 Å². The van der Waals surface area contributed by atoms with E-state index >= 15 is 0 Å². The zero-order valence-electron chi connectivity index (χ0n) is 14.4. The maximum Gasteiger partial charge on any atom is 0.243 e. The Labute approximate surface area is 142 Å². The number of benzene rings is 1. The minimum atomic E-state index is -0.223. The molecule has 1 aliphatic rings. The Bertz CT molecular complexity index is 800. The van der Waals surface area contributed by atoms with E-state index in [1.165, 1.54) is 6.42 Å². The summed E-state index contributed by atoms with van der Waals surface area (Å²) in [5.41, 5.74) is 2.35. The van der Waals surface area contributed by atoms with Gasteiger partial charge in [0.2, 0.25) is 11.9 Å². The maximum atomic E-state index is 12.5. The third kappa shape index (κ3) is 2.87. The van der Waals surface area contributed by atoms with Crippen LogP contribution in [0.3, 0.4) is 0 Å². The van der Waals surface area contributed by atoms with Gasteiger partial charge in [-0.15, -0.1) is 0 Å². The molecule has 6 heteroatoms. The third-order valence-corrected chi connectivity index (χ3v) is 5.03. The van der Waals surface area contributed by atoms with Gasteiger partial charge in [0, 0.05) is 6.04 Å². The summed E-state index contributed by atoms with van der Waals surface area (Å²) in [6.07, 6.45) is 3.34. The van der Waals surface area contributed by atoms with Crippen LogP contribution in [0.1, 0.15) is 44.7 Å². The van der Waals surface area contributed by atoms with Crippen LogP contribution >= 0.6 is 0 Å². The number of anilines is 1. The van der Waals surface area contributed by atoms with Crippen molar-refractivity contribution < 1.29 is 4.79 Å². The highest BCUT2D eigenvalue weighted by Crippen LogP contribution is 2.37. The van der Waals surface area contributed by atoms with Crippen LogP contribution in [0.2, 0.25) is 0 Å². The van der Waals surface area contributed by atoms with Gasteiger partial charge in [-0.3, -0.25) is 15.0 Å². The zero-order valence-corrected chi connectivity index (χ0v) is 14.4. The van der Waals surface area contributed by atoms with Crippen LogP contribution in [-0.4, -0.2) is 40.0 Å². The molecule has 6 nitrogen and oxygen atoms in total. The SMILES string of the molecule is CCN(C)[C@H](C)C(=O)Nc1nc2ccc(C#N)cc2n1C1CCC1. The molecule has 3 rings (SSSR count). The Hall–Kier alpha value is -2.39. The Morgan fingerprint density at radius 1 is 1.54 bits per heavy atom. The smallest absolute Gasteiger partial charge is 0.243 e. The van der Waals surface area contributed by atoms with Crippen LogP contribution in [0, 0.1) is 11.3 Å². The van der Waals surface area contributed by atoms with Crippen molar-refractivity contribution in [3.05, 3.63) is 23.8 Å². The molecular formula is C18H23N5O. The van der Waals surface area contributed by atoms with Crippen LogP contribution in [-0.2, 0) is 4.79 Å². The van der Waals surface area contributed by atoms with Gasteiger partial charge in [-0.1, -0.05) is 6.92 Å². The summed E-state index contributed by atoms with van der Waals surface area (Å²) < 4.78 is 2.09. The highest BCUT2D eigenvalue weighted by atomic mass is 16.2. The largest absolute Gasteiger partial charge is 0.307 e. The van der Waals surface area contributed by atoms with Crippen LogP contribution < -0.4 is 5.32 Å². The summed E-state index contributed by atoms with van der Waals surface area (Å²) in [5, 5.41) is 12.1. The maximum absolute atomic E-state index is 12.5. The second-order valence-corrected chi connectivity index (χ2v) is 6.44. The monoisotopic (exact) mass is 325 g/mol. The van der Waals surface area contributed by atoms with Crippen LogP contribution in [0.5, 0.6) is 0 Å². The van der Waals surface area contributed by atoms with Gasteiger partial charge in [-0.05, 0) is 58.0 Å². The average molecular weight is 325 g/mol. The number of likely N-dealkylation sites (N-methyl/N-ethyl adjacent to an activating group) is 1. The Kier molecular flexibility index (Phi) is 4.54. The van der Waals surface area contributed by atoms with E-state index in [1.807, 2.05) is 37.9 Å². The van der Waals surface area contributed by atoms with E-state index in [0.717, 1.165) is 30.4 Å². The number of nitriles is 1. The molecule has 1 aliphatic carbocycles. The first-order valence-corrected chi connectivity index (χ1v) is 8.48. The molecule has 1 saturated carbocycles. The highest BCUT2D eigenvalue weighted by molar-refractivity contribution is 5.95. The van der Waals surface area contributed by atoms with Crippen molar-refractivity contribution in [3.63, 3.8) is 0 Å². The molecule has 0 aliphatic heterocycles. The molecule has 1 amide bonds. The number of nitrogens with one attached hydrogen (secondary N) is 1. The van der Waals surface area contributed by atoms with Gasteiger partial charge in [0.05, 0.1) is 28.7 Å². The second-order valence-electron chi connectivity index (χ2n) is 6.44. The fourth-order valence-electron chi connectivity index (χ4n) is 2.95. The molecule has 1 N–H and O–H groups in total. The summed E-state index contributed by atoms with van der Waals surface area (Å²) in [6, 6.07) is 7.77. The zero-order chi connectivity index (χ0) is 17.3. The van der Waals surface area contributed by atoms with Gasteiger partial charge in [0.25, 0.3) is 0 Å². The average Bonchev–Trinajstić information content (AvgIpc) is 2.89. The molecule has 0 unspecified atom stereocenters. The number of carbonyl (C=O) groups excluding carboxylic acids is 1. The van der Waals surface area contributed by atoms with Crippen LogP contribution in [0.4, 0.5) is 5.95 Å². The van der Waals surface area contributed by atoms with Crippen molar-refractivity contribution in [1.29, 1.82) is 5.26 Å². The van der Waals surface area contributed by atoms with Crippen molar-refractivity contribution in [1.82, 2.24) is 14.5 Å². The number of carbonyl (C=O) groups is 1. The quantitative estimate of drug-likeness (QED) is 0.917. The van der Waals surface area contributed by atoms with Gasteiger partial charge in [0.1, 0.15) is 0 Å². The predicted octanol–water partition coefficient (Wildman–Crippen LogP) is 2.91. The first kappa shape index (κ1) is 16.5. The molecule has 24 heavy (non-hydrogen) atoms. The van der Waals surface area contributed by atoms with E-state index in [4.69, 9.17) is 5.26 Å². The van der Waals surface area contributed by atoms with E-state index in [0.29, 0.717) is 17.6 Å². The lowest BCUT2D eigenvalue weighted by Crippen LogP contribution is -2.40. The van der Waals surface area contributed by atoms with Crippen molar-refractivity contribution in [3.8, 4) is 6.07 Å². The lowest BCUT2D eigenvalue weighted by molar-refractivity contribution is -0.120. The third-order valence-electron chi connectivity index (χ3n) is 5.03. The van der Waals surface area contributed by atoms with Crippen molar-refractivity contribution in [2.45, 2.75) is 45.2 Å². The number of imidazole rings is 1. The summed E-state index contributed by atoms with van der Waals surface area (Å²) in [7, 11) is 1.93. The number of amides is 1. The molecule has 0 bridgehead atoms. The number of hydrogen-bond acceptors (Lipinski definition) is 4. The standard InChI is InChI=1S/C18H23N5O/c1-4-22(3)12(2)17(24)21-18-20-15-9-8-13(11-19)10-16(15)23(18)14-6-5-7-14/h8-10,12,14H,4-7H2,1-3H3,(H,20,21,24)/t12-/m1/s1. The molecule has 0 radical (unpaired) electrons. The lowest BCUT2D eigenvalue weighted by atomic mass is 9.92. The van der Waals surface area contributed by atoms with Crippen LogP contribution in [0.25, 0.3) is 11.0 Å². The number of fused-ring (bicyclic) bond motifs is 1. The topological polar surface area (TPSA) is 74.0 Å². The molecular weight excluding hydrogens is 302 g/mol. The fraction of sp³-hybridized carbons (Fsp3) is 0.500. The summed E-state index contributed by atoms with van der Waals surface area (Å²) >= 11 is 0. The number of nitrogens with zero attached hydrogens (tertiary/aromatic N) is 4. The van der Waals surface area contributed by atoms with E-state index < -0.39 is 0 Å². The van der Waals surface area contributed by atoms with Crippen molar-refractivity contribution in [2.24, 2.45) is 0 Å². The lowest BCUT2D eigenvalue weighted by Gasteiger charge is -2.29. The summed E-state index contributed by atoms with van der Waals surface area (Å²) in [5.74, 6) is 0.530. The first-order valence-electron chi connectivity index (χ1n) is 8.48. The fourth-order valence-corrected chi connectivity index (χ4v) is 2.95. The summed E-state index contributed by atoms with van der Waals surface area (Å²) in [4.78, 5) is 19.1. The Morgan fingerprint density at radius 2 is 2.29 bits per heavy atom. The molecule has 0 saturated heterocycles. The summed E-state index contributed by atoms with van der Waals surface area (Å²) in [6.45, 7) is 4.72. The molecule has 1 fully saturated rings. The minimum absolute atomic E-state index is 0.0595. The molecule has 0 spiro atoms. The Morgan fingerprint density at radius 3 is 2.88 bits per heavy atom. The molecule has 1 atom stereocenters. The van der Waals surface area contributed by atoms with E-state index in [2.05, 4.69) is 20.9 Å². The van der Waals surface area contributed by atoms with Gasteiger partial charge < -0.3 is 4.57 Å². The van der Waals surface area contributed by atoms with E-state index in [-0.39, 0.29) is 11.9 Å². The van der Waals surface area contributed by atoms with Crippen molar-refractivity contribution >= 4 is 22.9 Å². The van der Waals surface area contributed by atoms with Gasteiger partial charge in [-0.2, -0.15) is 5.26 Å². The molecule has 1 heterocycles. The molecule has 126 valence electrons. The van der Waals surface area contributed by atoms with Gasteiger partial charge in [0.15, 0.2) is 0 Å². The second kappa shape index (κ2) is 6.62. The molecule has 1 aromatic carbocycles. The predicted molar refractivity (Wildman–Crippen MR) is 93.7 cm³/mol. The number of rotatable bonds is 5. The minimum Gasteiger partial charge on any atom is -0.307 e. The van der Waals surface area contributed by atoms with Gasteiger partial charge >= 0.3 is 0 Å². The number of aromatic nitrogens is 2. The van der Waals surface area contributed by atoms with E-state index in [1.54, 1.807) is 6.07 Å². The normalized spacial score (nSPS) is 16.0. The molecule has 1 aromatic heterocycles. The van der Waals surface area contributed by atoms with Gasteiger partial charge in [-0.25, -0.2) is 4.98 Å². The van der Waals surface area contributed by atoms with E-state index in [9.17, 15) is 4.79 Å².